The maximum Gasteiger partial charge on any atom is 0.228 e. The van der Waals surface area contributed by atoms with Gasteiger partial charge in [0.2, 0.25) is 5.91 Å². The van der Waals surface area contributed by atoms with E-state index in [2.05, 4.69) is 0 Å². The fourth-order valence-electron chi connectivity index (χ4n) is 1.63. The van der Waals surface area contributed by atoms with Gasteiger partial charge in [0, 0.05) is 19.0 Å². The van der Waals surface area contributed by atoms with Crippen LogP contribution >= 0.6 is 0 Å². The molecule has 1 aromatic carbocycles. The highest BCUT2D eigenvalue weighted by Crippen LogP contribution is 2.19. The minimum atomic E-state index is -0.382. The zero-order chi connectivity index (χ0) is 12.8. The number of amides is 1. The van der Waals surface area contributed by atoms with Gasteiger partial charge in [-0.05, 0) is 25.5 Å². The first-order chi connectivity index (χ1) is 8.10. The van der Waals surface area contributed by atoms with E-state index in [9.17, 15) is 9.18 Å². The number of carbonyl (C=O) groups excluding carboxylic acids is 1. The van der Waals surface area contributed by atoms with Gasteiger partial charge in [0.05, 0.1) is 5.69 Å². The Bertz CT molecular complexity index is 381. The van der Waals surface area contributed by atoms with Crippen LogP contribution in [0.4, 0.5) is 10.1 Å². The van der Waals surface area contributed by atoms with Crippen LogP contribution in [0.2, 0.25) is 0 Å². The predicted octanol–water partition coefficient (Wildman–Crippen LogP) is 2.31. The van der Waals surface area contributed by atoms with Crippen molar-refractivity contribution in [3.8, 4) is 0 Å². The number of nitrogens with two attached hydrogens (primary N) is 1. The second kappa shape index (κ2) is 6.35. The third kappa shape index (κ3) is 3.53. The largest absolute Gasteiger partial charge is 0.327 e. The topological polar surface area (TPSA) is 46.3 Å². The summed E-state index contributed by atoms with van der Waals surface area (Å²) in [5, 5.41) is 0. The van der Waals surface area contributed by atoms with Gasteiger partial charge in [0.15, 0.2) is 0 Å². The molecule has 0 fully saturated rings. The van der Waals surface area contributed by atoms with Gasteiger partial charge >= 0.3 is 0 Å². The van der Waals surface area contributed by atoms with Crippen LogP contribution in [0.1, 0.15) is 26.7 Å². The highest BCUT2D eigenvalue weighted by molar-refractivity contribution is 5.93. The highest BCUT2D eigenvalue weighted by Gasteiger charge is 2.18. The fraction of sp³-hybridized carbons (Fsp3) is 0.462. The lowest BCUT2D eigenvalue weighted by Crippen LogP contribution is -2.36. The van der Waals surface area contributed by atoms with Crippen LogP contribution in [0.3, 0.4) is 0 Å². The number of halogens is 1. The van der Waals surface area contributed by atoms with Crippen LogP contribution in [0, 0.1) is 5.82 Å². The summed E-state index contributed by atoms with van der Waals surface area (Å²) >= 11 is 0. The average molecular weight is 238 g/mol. The van der Waals surface area contributed by atoms with E-state index in [1.165, 1.54) is 11.0 Å². The van der Waals surface area contributed by atoms with E-state index in [4.69, 9.17) is 5.73 Å². The molecule has 0 heterocycles. The summed E-state index contributed by atoms with van der Waals surface area (Å²) in [6.45, 7) is 4.19. The second-order valence-electron chi connectivity index (χ2n) is 3.96. The molecule has 0 saturated heterocycles. The predicted molar refractivity (Wildman–Crippen MR) is 67.3 cm³/mol. The van der Waals surface area contributed by atoms with Gasteiger partial charge in [-0.15, -0.1) is 0 Å². The summed E-state index contributed by atoms with van der Waals surface area (Å²) in [6, 6.07) is 6.12. The molecule has 0 bridgehead atoms. The van der Waals surface area contributed by atoms with Crippen molar-refractivity contribution >= 4 is 11.6 Å². The molecule has 4 heteroatoms. The molecule has 0 aromatic heterocycles. The van der Waals surface area contributed by atoms with Crippen molar-refractivity contribution in [2.45, 2.75) is 32.7 Å². The lowest BCUT2D eigenvalue weighted by molar-refractivity contribution is -0.118. The molecule has 0 aliphatic rings. The molecule has 3 nitrogen and oxygen atoms in total. The molecule has 2 N–H and O–H groups in total. The number of nitrogens with zero attached hydrogens (tertiary/aromatic N) is 1. The number of benzene rings is 1. The standard InChI is InChI=1S/C13H19FN2O/c1-3-10(15)9-13(17)16(4-2)12-8-6-5-7-11(12)14/h5-8,10H,3-4,9,15H2,1-2H3. The summed E-state index contributed by atoms with van der Waals surface area (Å²) in [5.74, 6) is -0.514. The molecule has 0 aliphatic carbocycles. The quantitative estimate of drug-likeness (QED) is 0.855. The normalized spacial score (nSPS) is 12.2. The van der Waals surface area contributed by atoms with Gasteiger partial charge in [0.1, 0.15) is 5.82 Å². The average Bonchev–Trinajstić information content (AvgIpc) is 2.32. The van der Waals surface area contributed by atoms with Crippen LogP contribution in [0.25, 0.3) is 0 Å². The number of hydrogen-bond donors (Lipinski definition) is 1. The Morgan fingerprint density at radius 1 is 1.41 bits per heavy atom. The molecular weight excluding hydrogens is 219 g/mol. The van der Waals surface area contributed by atoms with E-state index in [0.717, 1.165) is 6.42 Å². The first-order valence-electron chi connectivity index (χ1n) is 5.90. The molecule has 17 heavy (non-hydrogen) atoms. The van der Waals surface area contributed by atoms with E-state index in [0.29, 0.717) is 12.2 Å². The Kier molecular flexibility index (Phi) is 5.10. The van der Waals surface area contributed by atoms with E-state index in [1.807, 2.05) is 13.8 Å². The second-order valence-corrected chi connectivity index (χ2v) is 3.96. The maximum atomic E-state index is 13.6. The fourth-order valence-corrected chi connectivity index (χ4v) is 1.63. The Balaban J connectivity index is 2.85. The van der Waals surface area contributed by atoms with Gasteiger partial charge in [0.25, 0.3) is 0 Å². The molecule has 0 radical (unpaired) electrons. The Labute approximate surface area is 101 Å². The van der Waals surface area contributed by atoms with Crippen molar-refractivity contribution < 1.29 is 9.18 Å². The third-order valence-corrected chi connectivity index (χ3v) is 2.72. The van der Waals surface area contributed by atoms with E-state index in [1.54, 1.807) is 18.2 Å². The molecule has 1 amide bonds. The van der Waals surface area contributed by atoms with Crippen LogP contribution in [-0.4, -0.2) is 18.5 Å². The highest BCUT2D eigenvalue weighted by atomic mass is 19.1. The SMILES string of the molecule is CCC(N)CC(=O)N(CC)c1ccccc1F. The van der Waals surface area contributed by atoms with Crippen LogP contribution in [0.5, 0.6) is 0 Å². The molecule has 1 rings (SSSR count). The van der Waals surface area contributed by atoms with Gasteiger partial charge in [-0.3, -0.25) is 4.79 Å². The molecular formula is C13H19FN2O. The molecule has 1 unspecified atom stereocenters. The number of anilines is 1. The van der Waals surface area contributed by atoms with E-state index >= 15 is 0 Å². The van der Waals surface area contributed by atoms with Crippen molar-refractivity contribution in [3.63, 3.8) is 0 Å². The number of hydrogen-bond acceptors (Lipinski definition) is 2. The van der Waals surface area contributed by atoms with Crippen molar-refractivity contribution in [1.29, 1.82) is 0 Å². The molecule has 1 aromatic rings. The van der Waals surface area contributed by atoms with Crippen molar-refractivity contribution in [2.24, 2.45) is 5.73 Å². The zero-order valence-corrected chi connectivity index (χ0v) is 10.3. The van der Waals surface area contributed by atoms with Gasteiger partial charge in [-0.2, -0.15) is 0 Å². The maximum absolute atomic E-state index is 13.6. The Morgan fingerprint density at radius 3 is 2.59 bits per heavy atom. The van der Waals surface area contributed by atoms with E-state index in [-0.39, 0.29) is 24.2 Å². The summed E-state index contributed by atoms with van der Waals surface area (Å²) < 4.78 is 13.6. The monoisotopic (exact) mass is 238 g/mol. The van der Waals surface area contributed by atoms with Crippen molar-refractivity contribution in [2.75, 3.05) is 11.4 Å². The Morgan fingerprint density at radius 2 is 2.06 bits per heavy atom. The zero-order valence-electron chi connectivity index (χ0n) is 10.3. The smallest absolute Gasteiger partial charge is 0.228 e. The minimum Gasteiger partial charge on any atom is -0.327 e. The lowest BCUT2D eigenvalue weighted by atomic mass is 10.1. The van der Waals surface area contributed by atoms with Gasteiger partial charge < -0.3 is 10.6 Å². The molecule has 0 saturated carbocycles. The van der Waals surface area contributed by atoms with Crippen LogP contribution in [0.15, 0.2) is 24.3 Å². The molecule has 0 spiro atoms. The molecule has 94 valence electrons. The summed E-state index contributed by atoms with van der Waals surface area (Å²) in [4.78, 5) is 13.4. The number of carbonyl (C=O) groups is 1. The lowest BCUT2D eigenvalue weighted by Gasteiger charge is -2.22. The molecule has 0 aliphatic heterocycles. The summed E-state index contributed by atoms with van der Waals surface area (Å²) in [7, 11) is 0. The third-order valence-electron chi connectivity index (χ3n) is 2.72. The Hall–Kier alpha value is -1.42. The minimum absolute atomic E-state index is 0.132. The summed E-state index contributed by atoms with van der Waals surface area (Å²) in [5.41, 5.74) is 6.06. The van der Waals surface area contributed by atoms with Gasteiger partial charge in [-0.25, -0.2) is 4.39 Å². The number of para-hydroxylation sites is 1. The van der Waals surface area contributed by atoms with Crippen molar-refractivity contribution in [1.82, 2.24) is 0 Å². The van der Waals surface area contributed by atoms with Crippen LogP contribution < -0.4 is 10.6 Å². The summed E-state index contributed by atoms with van der Waals surface area (Å²) in [6.07, 6.45) is 0.985. The number of rotatable bonds is 5. The molecule has 1 atom stereocenters. The van der Waals surface area contributed by atoms with Crippen LogP contribution in [-0.2, 0) is 4.79 Å². The van der Waals surface area contributed by atoms with Gasteiger partial charge in [-0.1, -0.05) is 19.1 Å². The van der Waals surface area contributed by atoms with E-state index < -0.39 is 0 Å². The first-order valence-corrected chi connectivity index (χ1v) is 5.90. The van der Waals surface area contributed by atoms with Crippen molar-refractivity contribution in [3.05, 3.63) is 30.1 Å². The first kappa shape index (κ1) is 13.6.